The smallest absolute Gasteiger partial charge is 0.242 e. The van der Waals surface area contributed by atoms with Crippen LogP contribution in [0.2, 0.25) is 0 Å². The van der Waals surface area contributed by atoms with Crippen molar-refractivity contribution in [2.75, 3.05) is 5.32 Å². The highest BCUT2D eigenvalue weighted by molar-refractivity contribution is 8.00. The summed E-state index contributed by atoms with van der Waals surface area (Å²) in [7, 11) is 0. The Morgan fingerprint density at radius 2 is 1.65 bits per heavy atom. The monoisotopic (exact) mass is 428 g/mol. The first-order valence-corrected chi connectivity index (χ1v) is 11.0. The van der Waals surface area contributed by atoms with Crippen molar-refractivity contribution in [1.29, 1.82) is 0 Å². The summed E-state index contributed by atoms with van der Waals surface area (Å²) in [5, 5.41) is 11.7. The van der Waals surface area contributed by atoms with Crippen molar-refractivity contribution in [3.63, 3.8) is 0 Å². The molecule has 31 heavy (non-hydrogen) atoms. The van der Waals surface area contributed by atoms with Crippen LogP contribution >= 0.6 is 11.8 Å². The minimum absolute atomic E-state index is 0.102. The van der Waals surface area contributed by atoms with E-state index in [9.17, 15) is 4.79 Å². The van der Waals surface area contributed by atoms with Gasteiger partial charge in [-0.05, 0) is 50.1 Å². The third-order valence-corrected chi connectivity index (χ3v) is 6.22. The normalized spacial score (nSPS) is 11.8. The summed E-state index contributed by atoms with van der Waals surface area (Å²) in [4.78, 5) is 13.3. The van der Waals surface area contributed by atoms with Crippen molar-refractivity contribution < 1.29 is 4.79 Å². The van der Waals surface area contributed by atoms with Crippen molar-refractivity contribution in [2.24, 2.45) is 0 Å². The highest BCUT2D eigenvalue weighted by Gasteiger charge is 2.25. The highest BCUT2D eigenvalue weighted by Crippen LogP contribution is 2.36. The molecule has 5 nitrogen and oxygen atoms in total. The van der Waals surface area contributed by atoms with Gasteiger partial charge in [-0.15, -0.1) is 10.2 Å². The zero-order valence-corrected chi connectivity index (χ0v) is 18.6. The molecule has 4 aromatic rings. The fraction of sp³-hybridized carbons (Fsp3) is 0.160. The van der Waals surface area contributed by atoms with Crippen LogP contribution in [0, 0.1) is 20.8 Å². The first-order chi connectivity index (χ1) is 15.0. The number of nitrogens with zero attached hydrogens (tertiary/aromatic N) is 3. The zero-order chi connectivity index (χ0) is 21.8. The van der Waals surface area contributed by atoms with E-state index >= 15 is 0 Å². The molecule has 0 aliphatic heterocycles. The summed E-state index contributed by atoms with van der Waals surface area (Å²) in [5.41, 5.74) is 6.16. The number of carbonyl (C=O) groups is 1. The summed E-state index contributed by atoms with van der Waals surface area (Å²) >= 11 is 1.39. The Morgan fingerprint density at radius 1 is 0.935 bits per heavy atom. The lowest BCUT2D eigenvalue weighted by atomic mass is 10.1. The topological polar surface area (TPSA) is 59.8 Å². The van der Waals surface area contributed by atoms with Gasteiger partial charge >= 0.3 is 0 Å². The summed E-state index contributed by atoms with van der Waals surface area (Å²) in [6.45, 7) is 6.16. The molecule has 1 unspecified atom stereocenters. The van der Waals surface area contributed by atoms with E-state index < -0.39 is 5.25 Å². The average molecular weight is 429 g/mol. The van der Waals surface area contributed by atoms with Crippen molar-refractivity contribution in [2.45, 2.75) is 31.2 Å². The molecule has 1 amide bonds. The molecule has 0 aliphatic rings. The van der Waals surface area contributed by atoms with Crippen molar-refractivity contribution >= 4 is 23.4 Å². The Morgan fingerprint density at radius 3 is 2.35 bits per heavy atom. The third-order valence-electron chi connectivity index (χ3n) is 5.01. The second-order valence-corrected chi connectivity index (χ2v) is 8.61. The number of aromatic nitrogens is 3. The van der Waals surface area contributed by atoms with E-state index in [0.29, 0.717) is 5.16 Å². The molecule has 0 fully saturated rings. The second-order valence-electron chi connectivity index (χ2n) is 7.54. The Hall–Kier alpha value is -3.38. The maximum Gasteiger partial charge on any atom is 0.242 e. The van der Waals surface area contributed by atoms with Crippen LogP contribution in [0.25, 0.3) is 5.69 Å². The number of anilines is 1. The Balaban J connectivity index is 1.66. The SMILES string of the molecule is Cc1ccc(NC(=O)C(Sc2nncn2-c2ccc(C)cc2C)c2ccccc2)cc1. The van der Waals surface area contributed by atoms with Gasteiger partial charge in [-0.1, -0.05) is 77.5 Å². The molecule has 6 heteroatoms. The molecular weight excluding hydrogens is 404 g/mol. The first-order valence-electron chi connectivity index (χ1n) is 10.1. The minimum Gasteiger partial charge on any atom is -0.325 e. The van der Waals surface area contributed by atoms with Gasteiger partial charge in [-0.25, -0.2) is 0 Å². The van der Waals surface area contributed by atoms with Crippen LogP contribution in [0.1, 0.15) is 27.5 Å². The van der Waals surface area contributed by atoms with Gasteiger partial charge in [0.2, 0.25) is 5.91 Å². The lowest BCUT2D eigenvalue weighted by Crippen LogP contribution is -2.19. The van der Waals surface area contributed by atoms with Gasteiger partial charge in [0.15, 0.2) is 5.16 Å². The first kappa shape index (κ1) is 20.9. The quantitative estimate of drug-likeness (QED) is 0.402. The third kappa shape index (κ3) is 4.86. The van der Waals surface area contributed by atoms with Crippen LogP contribution < -0.4 is 5.32 Å². The van der Waals surface area contributed by atoms with E-state index in [4.69, 9.17) is 0 Å². The van der Waals surface area contributed by atoms with Crippen LogP contribution in [0.15, 0.2) is 84.3 Å². The highest BCUT2D eigenvalue weighted by atomic mass is 32.2. The summed E-state index contributed by atoms with van der Waals surface area (Å²) in [5.74, 6) is -0.102. The zero-order valence-electron chi connectivity index (χ0n) is 17.7. The lowest BCUT2D eigenvalue weighted by molar-refractivity contribution is -0.115. The number of hydrogen-bond acceptors (Lipinski definition) is 4. The molecule has 1 heterocycles. The molecule has 0 bridgehead atoms. The van der Waals surface area contributed by atoms with Crippen LogP contribution in [0.4, 0.5) is 5.69 Å². The largest absolute Gasteiger partial charge is 0.325 e. The van der Waals surface area contributed by atoms with E-state index in [-0.39, 0.29) is 5.91 Å². The van der Waals surface area contributed by atoms with E-state index in [0.717, 1.165) is 28.1 Å². The maximum absolute atomic E-state index is 13.3. The molecule has 3 aromatic carbocycles. The molecule has 4 rings (SSSR count). The van der Waals surface area contributed by atoms with Gasteiger partial charge in [0, 0.05) is 5.69 Å². The number of amides is 1. The fourth-order valence-corrected chi connectivity index (χ4v) is 4.42. The number of carbonyl (C=O) groups excluding carboxylic acids is 1. The van der Waals surface area contributed by atoms with Crippen LogP contribution in [-0.4, -0.2) is 20.7 Å². The summed E-state index contributed by atoms with van der Waals surface area (Å²) in [6.07, 6.45) is 1.69. The average Bonchev–Trinajstić information content (AvgIpc) is 3.22. The van der Waals surface area contributed by atoms with Gasteiger partial charge in [0.25, 0.3) is 0 Å². The molecule has 0 radical (unpaired) electrons. The van der Waals surface area contributed by atoms with Crippen molar-refractivity contribution in [1.82, 2.24) is 14.8 Å². The second kappa shape index (κ2) is 9.18. The number of nitrogens with one attached hydrogen (secondary N) is 1. The maximum atomic E-state index is 13.3. The predicted molar refractivity (Wildman–Crippen MR) is 126 cm³/mol. The molecule has 0 saturated heterocycles. The van der Waals surface area contributed by atoms with E-state index in [1.165, 1.54) is 17.3 Å². The van der Waals surface area contributed by atoms with Gasteiger partial charge in [0.1, 0.15) is 11.6 Å². The van der Waals surface area contributed by atoms with Gasteiger partial charge < -0.3 is 5.32 Å². The molecule has 0 saturated carbocycles. The number of rotatable bonds is 6. The standard InChI is InChI=1S/C25H24N4OS/c1-17-9-12-21(13-10-17)27-24(30)23(20-7-5-4-6-8-20)31-25-28-26-16-29(25)22-14-11-18(2)15-19(22)3/h4-16,23H,1-3H3,(H,27,30). The molecule has 1 aromatic heterocycles. The molecule has 1 atom stereocenters. The van der Waals surface area contributed by atoms with Gasteiger partial charge in [-0.3, -0.25) is 9.36 Å². The van der Waals surface area contributed by atoms with Crippen LogP contribution in [0.3, 0.4) is 0 Å². The van der Waals surface area contributed by atoms with Crippen LogP contribution in [0.5, 0.6) is 0 Å². The van der Waals surface area contributed by atoms with Crippen LogP contribution in [-0.2, 0) is 4.79 Å². The summed E-state index contributed by atoms with van der Waals surface area (Å²) in [6, 6.07) is 23.8. The number of benzene rings is 3. The molecular formula is C25H24N4OS. The minimum atomic E-state index is -0.476. The molecule has 0 spiro atoms. The van der Waals surface area contributed by atoms with Gasteiger partial charge in [-0.2, -0.15) is 0 Å². The van der Waals surface area contributed by atoms with E-state index in [1.807, 2.05) is 66.1 Å². The number of hydrogen-bond donors (Lipinski definition) is 1. The number of aryl methyl sites for hydroxylation is 3. The van der Waals surface area contributed by atoms with E-state index in [2.05, 4.69) is 47.6 Å². The van der Waals surface area contributed by atoms with Gasteiger partial charge in [0.05, 0.1) is 5.69 Å². The van der Waals surface area contributed by atoms with Crippen molar-refractivity contribution in [3.8, 4) is 5.69 Å². The molecule has 1 N–H and O–H groups in total. The lowest BCUT2D eigenvalue weighted by Gasteiger charge is -2.18. The van der Waals surface area contributed by atoms with E-state index in [1.54, 1.807) is 6.33 Å². The fourth-order valence-electron chi connectivity index (χ4n) is 3.40. The Kier molecular flexibility index (Phi) is 6.18. The molecule has 0 aliphatic carbocycles. The Bertz CT molecular complexity index is 1190. The van der Waals surface area contributed by atoms with Crippen molar-refractivity contribution in [3.05, 3.63) is 101 Å². The number of thioether (sulfide) groups is 1. The summed E-state index contributed by atoms with van der Waals surface area (Å²) < 4.78 is 1.94. The predicted octanol–water partition coefficient (Wildman–Crippen LogP) is 5.66. The Labute approximate surface area is 186 Å². The molecule has 156 valence electrons.